The lowest BCUT2D eigenvalue weighted by molar-refractivity contribution is -0.124. The van der Waals surface area contributed by atoms with Crippen molar-refractivity contribution in [2.24, 2.45) is 5.41 Å². The third-order valence-electron chi connectivity index (χ3n) is 3.19. The summed E-state index contributed by atoms with van der Waals surface area (Å²) < 4.78 is 0. The topological polar surface area (TPSA) is 32.3 Å². The SMILES string of the molecule is CCC(C)(C)C(=O)Nc1ccc(N(C)C)c(Cl)c1. The maximum Gasteiger partial charge on any atom is 0.230 e. The highest BCUT2D eigenvalue weighted by molar-refractivity contribution is 6.33. The van der Waals surface area contributed by atoms with Crippen LogP contribution in [0.2, 0.25) is 5.02 Å². The minimum Gasteiger partial charge on any atom is -0.376 e. The number of benzene rings is 1. The molecule has 0 heterocycles. The van der Waals surface area contributed by atoms with E-state index < -0.39 is 0 Å². The van der Waals surface area contributed by atoms with E-state index in [4.69, 9.17) is 11.6 Å². The Labute approximate surface area is 114 Å². The molecule has 0 saturated heterocycles. The summed E-state index contributed by atoms with van der Waals surface area (Å²) in [7, 11) is 3.86. The Morgan fingerprint density at radius 1 is 1.39 bits per heavy atom. The van der Waals surface area contributed by atoms with Crippen molar-refractivity contribution in [3.63, 3.8) is 0 Å². The van der Waals surface area contributed by atoms with Crippen LogP contribution < -0.4 is 10.2 Å². The zero-order chi connectivity index (χ0) is 13.9. The van der Waals surface area contributed by atoms with Crippen LogP contribution in [-0.4, -0.2) is 20.0 Å². The molecule has 4 heteroatoms. The van der Waals surface area contributed by atoms with Gasteiger partial charge in [0.25, 0.3) is 0 Å². The number of hydrogen-bond donors (Lipinski definition) is 1. The van der Waals surface area contributed by atoms with Gasteiger partial charge in [-0.05, 0) is 24.6 Å². The molecule has 0 fully saturated rings. The highest BCUT2D eigenvalue weighted by atomic mass is 35.5. The Kier molecular flexibility index (Phi) is 4.63. The Hall–Kier alpha value is -1.22. The number of halogens is 1. The number of anilines is 2. The molecule has 1 amide bonds. The largest absolute Gasteiger partial charge is 0.376 e. The molecule has 1 N–H and O–H groups in total. The van der Waals surface area contributed by atoms with Crippen molar-refractivity contribution in [3.8, 4) is 0 Å². The summed E-state index contributed by atoms with van der Waals surface area (Å²) in [5.74, 6) is 0.0127. The van der Waals surface area contributed by atoms with Crippen LogP contribution in [0, 0.1) is 5.41 Å². The van der Waals surface area contributed by atoms with E-state index in [0.29, 0.717) is 5.02 Å². The molecule has 1 aromatic carbocycles. The number of carbonyl (C=O) groups is 1. The average Bonchev–Trinajstić information content (AvgIpc) is 2.28. The third-order valence-corrected chi connectivity index (χ3v) is 3.49. The van der Waals surface area contributed by atoms with Gasteiger partial charge >= 0.3 is 0 Å². The quantitative estimate of drug-likeness (QED) is 0.901. The molecule has 1 rings (SSSR count). The molecule has 0 aliphatic heterocycles. The molecular weight excluding hydrogens is 248 g/mol. The molecular formula is C14H21ClN2O. The third kappa shape index (κ3) is 3.39. The van der Waals surface area contributed by atoms with Gasteiger partial charge < -0.3 is 10.2 Å². The Bertz CT molecular complexity index is 441. The van der Waals surface area contributed by atoms with Crippen molar-refractivity contribution in [2.45, 2.75) is 27.2 Å². The fourth-order valence-electron chi connectivity index (χ4n) is 1.41. The standard InChI is InChI=1S/C14H21ClN2O/c1-6-14(2,3)13(18)16-10-7-8-12(17(4)5)11(15)9-10/h7-9H,6H2,1-5H3,(H,16,18). The summed E-state index contributed by atoms with van der Waals surface area (Å²) in [5, 5.41) is 3.53. The van der Waals surface area contributed by atoms with Crippen LogP contribution in [0.1, 0.15) is 27.2 Å². The van der Waals surface area contributed by atoms with Gasteiger partial charge in [-0.15, -0.1) is 0 Å². The van der Waals surface area contributed by atoms with Crippen molar-refractivity contribution < 1.29 is 4.79 Å². The second kappa shape index (κ2) is 5.61. The van der Waals surface area contributed by atoms with E-state index in [1.54, 1.807) is 6.07 Å². The van der Waals surface area contributed by atoms with Gasteiger partial charge in [0, 0.05) is 25.2 Å². The van der Waals surface area contributed by atoms with Crippen molar-refractivity contribution in [1.29, 1.82) is 0 Å². The van der Waals surface area contributed by atoms with Crippen molar-refractivity contribution in [2.75, 3.05) is 24.3 Å². The molecule has 1 aromatic rings. The van der Waals surface area contributed by atoms with Gasteiger partial charge in [-0.25, -0.2) is 0 Å². The van der Waals surface area contributed by atoms with E-state index in [1.807, 2.05) is 51.9 Å². The molecule has 0 bridgehead atoms. The first kappa shape index (κ1) is 14.8. The highest BCUT2D eigenvalue weighted by Gasteiger charge is 2.25. The first-order valence-electron chi connectivity index (χ1n) is 6.06. The average molecular weight is 269 g/mol. The van der Waals surface area contributed by atoms with Gasteiger partial charge in [-0.3, -0.25) is 4.79 Å². The molecule has 0 radical (unpaired) electrons. The van der Waals surface area contributed by atoms with E-state index in [-0.39, 0.29) is 11.3 Å². The van der Waals surface area contributed by atoms with Gasteiger partial charge in [0.05, 0.1) is 10.7 Å². The van der Waals surface area contributed by atoms with Gasteiger partial charge in [0.1, 0.15) is 0 Å². The Morgan fingerprint density at radius 2 is 2.00 bits per heavy atom. The number of carbonyl (C=O) groups excluding carboxylic acids is 1. The van der Waals surface area contributed by atoms with Crippen LogP contribution in [0.25, 0.3) is 0 Å². The minimum atomic E-state index is -0.368. The molecule has 100 valence electrons. The van der Waals surface area contributed by atoms with Crippen LogP contribution in [-0.2, 0) is 4.79 Å². The lowest BCUT2D eigenvalue weighted by Gasteiger charge is -2.22. The summed E-state index contributed by atoms with van der Waals surface area (Å²) in [5.41, 5.74) is 1.30. The summed E-state index contributed by atoms with van der Waals surface area (Å²) in [4.78, 5) is 14.0. The van der Waals surface area contributed by atoms with E-state index in [0.717, 1.165) is 17.8 Å². The lowest BCUT2D eigenvalue weighted by atomic mass is 9.89. The molecule has 0 spiro atoms. The van der Waals surface area contributed by atoms with Crippen molar-refractivity contribution in [1.82, 2.24) is 0 Å². The number of amides is 1. The Balaban J connectivity index is 2.88. The normalized spacial score (nSPS) is 11.2. The van der Waals surface area contributed by atoms with Crippen LogP contribution in [0.3, 0.4) is 0 Å². The molecule has 0 aromatic heterocycles. The molecule has 18 heavy (non-hydrogen) atoms. The van der Waals surface area contributed by atoms with Crippen molar-refractivity contribution in [3.05, 3.63) is 23.2 Å². The molecule has 0 aliphatic rings. The zero-order valence-electron chi connectivity index (χ0n) is 11.7. The van der Waals surface area contributed by atoms with Gasteiger partial charge in [-0.1, -0.05) is 32.4 Å². The fourth-order valence-corrected chi connectivity index (χ4v) is 1.76. The second-order valence-corrected chi connectivity index (χ2v) is 5.66. The monoisotopic (exact) mass is 268 g/mol. The van der Waals surface area contributed by atoms with Crippen LogP contribution >= 0.6 is 11.6 Å². The number of rotatable bonds is 4. The second-order valence-electron chi connectivity index (χ2n) is 5.25. The first-order chi connectivity index (χ1) is 8.27. The molecule has 0 aliphatic carbocycles. The molecule has 0 atom stereocenters. The zero-order valence-corrected chi connectivity index (χ0v) is 12.4. The van der Waals surface area contributed by atoms with Crippen molar-refractivity contribution >= 4 is 28.9 Å². The first-order valence-corrected chi connectivity index (χ1v) is 6.44. The van der Waals surface area contributed by atoms with E-state index in [2.05, 4.69) is 5.32 Å². The Morgan fingerprint density at radius 3 is 2.44 bits per heavy atom. The molecule has 0 saturated carbocycles. The van der Waals surface area contributed by atoms with E-state index >= 15 is 0 Å². The number of nitrogens with zero attached hydrogens (tertiary/aromatic N) is 1. The summed E-state index contributed by atoms with van der Waals surface area (Å²) in [6.45, 7) is 5.86. The minimum absolute atomic E-state index is 0.0127. The van der Waals surface area contributed by atoms with Crippen LogP contribution in [0.5, 0.6) is 0 Å². The molecule has 3 nitrogen and oxygen atoms in total. The van der Waals surface area contributed by atoms with Crippen LogP contribution in [0.15, 0.2) is 18.2 Å². The van der Waals surface area contributed by atoms with Gasteiger partial charge in [0.2, 0.25) is 5.91 Å². The van der Waals surface area contributed by atoms with Gasteiger partial charge in [0.15, 0.2) is 0 Å². The van der Waals surface area contributed by atoms with Gasteiger partial charge in [-0.2, -0.15) is 0 Å². The highest BCUT2D eigenvalue weighted by Crippen LogP contribution is 2.29. The van der Waals surface area contributed by atoms with E-state index in [1.165, 1.54) is 0 Å². The number of nitrogens with one attached hydrogen (secondary N) is 1. The predicted molar refractivity (Wildman–Crippen MR) is 78.5 cm³/mol. The van der Waals surface area contributed by atoms with Crippen LogP contribution in [0.4, 0.5) is 11.4 Å². The summed E-state index contributed by atoms with van der Waals surface area (Å²) in [6.07, 6.45) is 0.794. The lowest BCUT2D eigenvalue weighted by Crippen LogP contribution is -2.30. The summed E-state index contributed by atoms with van der Waals surface area (Å²) >= 11 is 6.16. The fraction of sp³-hybridized carbons (Fsp3) is 0.500. The predicted octanol–water partition coefficient (Wildman–Crippen LogP) is 3.78. The number of hydrogen-bond acceptors (Lipinski definition) is 2. The summed E-state index contributed by atoms with van der Waals surface area (Å²) in [6, 6.07) is 5.54. The maximum absolute atomic E-state index is 12.0. The van der Waals surface area contributed by atoms with E-state index in [9.17, 15) is 4.79 Å². The smallest absolute Gasteiger partial charge is 0.230 e. The molecule has 0 unspecified atom stereocenters. The maximum atomic E-state index is 12.0.